The number of imide groups is 1. The summed E-state index contributed by atoms with van der Waals surface area (Å²) in [7, 11) is 1.39. The third-order valence-electron chi connectivity index (χ3n) is 4.13. The number of carbonyl (C=O) groups excluding carboxylic acids is 3. The van der Waals surface area contributed by atoms with E-state index in [-0.39, 0.29) is 22.6 Å². The van der Waals surface area contributed by atoms with Crippen molar-refractivity contribution < 1.29 is 28.8 Å². The fourth-order valence-corrected chi connectivity index (χ4v) is 4.52. The SMILES string of the molecule is COc1ccccc1C(=O)NC(=O)COC(=O)c1cc([N+](=O)[O-])ccc1Sc1nc(C)cs1. The molecular weight excluding hydrogens is 470 g/mol. The summed E-state index contributed by atoms with van der Waals surface area (Å²) < 4.78 is 10.7. The van der Waals surface area contributed by atoms with E-state index in [4.69, 9.17) is 9.47 Å². The molecule has 3 aromatic rings. The molecule has 3 rings (SSSR count). The lowest BCUT2D eigenvalue weighted by molar-refractivity contribution is -0.384. The zero-order chi connectivity index (χ0) is 24.0. The fraction of sp³-hybridized carbons (Fsp3) is 0.143. The Kier molecular flexibility index (Phi) is 7.74. The van der Waals surface area contributed by atoms with E-state index >= 15 is 0 Å². The van der Waals surface area contributed by atoms with Gasteiger partial charge in [-0.2, -0.15) is 0 Å². The van der Waals surface area contributed by atoms with E-state index in [2.05, 4.69) is 10.3 Å². The summed E-state index contributed by atoms with van der Waals surface area (Å²) in [4.78, 5) is 52.3. The molecule has 0 atom stereocenters. The van der Waals surface area contributed by atoms with E-state index in [0.29, 0.717) is 9.24 Å². The van der Waals surface area contributed by atoms with Crippen molar-refractivity contribution in [1.29, 1.82) is 0 Å². The van der Waals surface area contributed by atoms with Crippen LogP contribution in [-0.4, -0.2) is 41.4 Å². The number of nitro benzene ring substituents is 1. The van der Waals surface area contributed by atoms with Crippen LogP contribution in [-0.2, 0) is 9.53 Å². The Morgan fingerprint density at radius 3 is 2.61 bits per heavy atom. The molecule has 2 aromatic carbocycles. The second-order valence-corrected chi connectivity index (χ2v) is 8.60. The van der Waals surface area contributed by atoms with Gasteiger partial charge in [0.05, 0.1) is 23.2 Å². The lowest BCUT2D eigenvalue weighted by atomic mass is 10.2. The zero-order valence-corrected chi connectivity index (χ0v) is 19.0. The molecule has 0 radical (unpaired) electrons. The van der Waals surface area contributed by atoms with Gasteiger partial charge in [-0.25, -0.2) is 9.78 Å². The van der Waals surface area contributed by atoms with E-state index in [9.17, 15) is 24.5 Å². The second kappa shape index (κ2) is 10.7. The van der Waals surface area contributed by atoms with Crippen molar-refractivity contribution in [2.45, 2.75) is 16.2 Å². The lowest BCUT2D eigenvalue weighted by Crippen LogP contribution is -2.34. The first-order valence-electron chi connectivity index (χ1n) is 9.31. The van der Waals surface area contributed by atoms with Crippen molar-refractivity contribution in [3.63, 3.8) is 0 Å². The van der Waals surface area contributed by atoms with Crippen molar-refractivity contribution in [3.05, 3.63) is 74.8 Å². The van der Waals surface area contributed by atoms with Gasteiger partial charge in [-0.3, -0.25) is 25.0 Å². The number of non-ortho nitro benzene ring substituents is 1. The van der Waals surface area contributed by atoms with Gasteiger partial charge in [0, 0.05) is 28.1 Å². The highest BCUT2D eigenvalue weighted by atomic mass is 32.2. The Hall–Kier alpha value is -3.77. The summed E-state index contributed by atoms with van der Waals surface area (Å²) in [5.74, 6) is -2.27. The van der Waals surface area contributed by atoms with Crippen LogP contribution in [0.25, 0.3) is 0 Å². The number of nitro groups is 1. The number of benzene rings is 2. The minimum atomic E-state index is -0.950. The first kappa shape index (κ1) is 23.9. The molecule has 0 saturated carbocycles. The number of hydrogen-bond donors (Lipinski definition) is 1. The first-order valence-corrected chi connectivity index (χ1v) is 11.0. The van der Waals surface area contributed by atoms with Gasteiger partial charge in [-0.05, 0) is 25.1 Å². The van der Waals surface area contributed by atoms with Gasteiger partial charge in [-0.15, -0.1) is 11.3 Å². The highest BCUT2D eigenvalue weighted by Crippen LogP contribution is 2.34. The second-order valence-electron chi connectivity index (χ2n) is 6.45. The van der Waals surface area contributed by atoms with Crippen LogP contribution >= 0.6 is 23.1 Å². The lowest BCUT2D eigenvalue weighted by Gasteiger charge is -2.10. The quantitative estimate of drug-likeness (QED) is 0.287. The Balaban J connectivity index is 1.70. The number of amides is 2. The number of thiazole rings is 1. The number of carbonyl (C=O) groups is 3. The van der Waals surface area contributed by atoms with Crippen LogP contribution in [0.1, 0.15) is 26.4 Å². The zero-order valence-electron chi connectivity index (χ0n) is 17.4. The summed E-state index contributed by atoms with van der Waals surface area (Å²) in [6.45, 7) is 1.05. The third-order valence-corrected chi connectivity index (χ3v) is 6.26. The number of nitrogens with zero attached hydrogens (tertiary/aromatic N) is 2. The van der Waals surface area contributed by atoms with E-state index in [1.165, 1.54) is 36.6 Å². The number of aryl methyl sites for hydroxylation is 1. The van der Waals surface area contributed by atoms with Crippen LogP contribution in [0.2, 0.25) is 0 Å². The number of rotatable bonds is 8. The average Bonchev–Trinajstić information content (AvgIpc) is 3.21. The molecule has 0 aliphatic rings. The topological polar surface area (TPSA) is 138 Å². The number of ether oxygens (including phenoxy) is 2. The first-order chi connectivity index (χ1) is 15.8. The summed E-state index contributed by atoms with van der Waals surface area (Å²) in [6, 6.07) is 10.1. The number of methoxy groups -OCH3 is 1. The molecule has 33 heavy (non-hydrogen) atoms. The summed E-state index contributed by atoms with van der Waals surface area (Å²) in [5, 5.41) is 15.1. The molecule has 0 saturated heterocycles. The molecule has 170 valence electrons. The van der Waals surface area contributed by atoms with Gasteiger partial charge < -0.3 is 9.47 Å². The molecule has 2 amide bonds. The van der Waals surface area contributed by atoms with E-state index in [1.54, 1.807) is 18.2 Å². The predicted molar refractivity (Wildman–Crippen MR) is 120 cm³/mol. The molecule has 0 spiro atoms. The Bertz CT molecular complexity index is 1230. The van der Waals surface area contributed by atoms with Crippen molar-refractivity contribution in [1.82, 2.24) is 10.3 Å². The largest absolute Gasteiger partial charge is 0.496 e. The van der Waals surface area contributed by atoms with Crippen molar-refractivity contribution in [2.24, 2.45) is 0 Å². The maximum atomic E-state index is 12.6. The molecule has 1 aromatic heterocycles. The molecule has 0 bridgehead atoms. The molecule has 0 unspecified atom stereocenters. The van der Waals surface area contributed by atoms with Crippen LogP contribution < -0.4 is 10.1 Å². The van der Waals surface area contributed by atoms with Crippen molar-refractivity contribution >= 4 is 46.6 Å². The molecule has 1 heterocycles. The molecule has 10 nitrogen and oxygen atoms in total. The molecular formula is C21H17N3O7S2. The molecule has 0 fully saturated rings. The maximum absolute atomic E-state index is 12.6. The van der Waals surface area contributed by atoms with Gasteiger partial charge >= 0.3 is 5.97 Å². The fourth-order valence-electron chi connectivity index (χ4n) is 2.62. The van der Waals surface area contributed by atoms with Crippen LogP contribution in [0.15, 0.2) is 57.1 Å². The maximum Gasteiger partial charge on any atom is 0.340 e. The van der Waals surface area contributed by atoms with E-state index in [1.807, 2.05) is 12.3 Å². The summed E-state index contributed by atoms with van der Waals surface area (Å²) >= 11 is 2.50. The van der Waals surface area contributed by atoms with Gasteiger partial charge in [0.15, 0.2) is 10.9 Å². The number of hydrogen-bond acceptors (Lipinski definition) is 10. The molecule has 0 aliphatic heterocycles. The Morgan fingerprint density at radius 2 is 1.94 bits per heavy atom. The minimum Gasteiger partial charge on any atom is -0.496 e. The number of para-hydroxylation sites is 1. The van der Waals surface area contributed by atoms with Crippen molar-refractivity contribution in [3.8, 4) is 5.75 Å². The van der Waals surface area contributed by atoms with Crippen molar-refractivity contribution in [2.75, 3.05) is 13.7 Å². The van der Waals surface area contributed by atoms with Crippen LogP contribution in [0, 0.1) is 17.0 Å². The number of aromatic nitrogens is 1. The molecule has 0 aliphatic carbocycles. The molecule has 12 heteroatoms. The van der Waals surface area contributed by atoms with Crippen LogP contribution in [0.3, 0.4) is 0 Å². The number of esters is 1. The van der Waals surface area contributed by atoms with Crippen LogP contribution in [0.5, 0.6) is 5.75 Å². The average molecular weight is 488 g/mol. The highest BCUT2D eigenvalue weighted by Gasteiger charge is 2.21. The summed E-state index contributed by atoms with van der Waals surface area (Å²) in [5.41, 5.74) is 0.532. The Labute approximate surface area is 196 Å². The van der Waals surface area contributed by atoms with Gasteiger partial charge in [0.2, 0.25) is 0 Å². The van der Waals surface area contributed by atoms with Gasteiger partial charge in [0.25, 0.3) is 17.5 Å². The number of nitrogens with one attached hydrogen (secondary N) is 1. The smallest absolute Gasteiger partial charge is 0.340 e. The minimum absolute atomic E-state index is 0.0918. The third kappa shape index (κ3) is 6.14. The van der Waals surface area contributed by atoms with Gasteiger partial charge in [0.1, 0.15) is 5.75 Å². The van der Waals surface area contributed by atoms with Gasteiger partial charge in [-0.1, -0.05) is 23.9 Å². The Morgan fingerprint density at radius 1 is 1.18 bits per heavy atom. The standard InChI is InChI=1S/C21H17N3O7S2/c1-12-11-32-21(22-12)33-17-8-7-13(24(28)29)9-15(17)20(27)31-10-18(25)23-19(26)14-5-3-4-6-16(14)30-2/h3-9,11H,10H2,1-2H3,(H,23,25,26). The highest BCUT2D eigenvalue weighted by molar-refractivity contribution is 8.01. The normalized spacial score (nSPS) is 10.4. The van der Waals surface area contributed by atoms with E-state index < -0.39 is 29.3 Å². The summed E-state index contributed by atoms with van der Waals surface area (Å²) in [6.07, 6.45) is 0. The van der Waals surface area contributed by atoms with Crippen LogP contribution in [0.4, 0.5) is 5.69 Å². The monoisotopic (exact) mass is 487 g/mol. The molecule has 1 N–H and O–H groups in total. The van der Waals surface area contributed by atoms with E-state index in [0.717, 1.165) is 23.5 Å². The predicted octanol–water partition coefficient (Wildman–Crippen LogP) is 3.63.